The molecule has 0 spiro atoms. The number of anilines is 6. The third-order valence-corrected chi connectivity index (χ3v) is 14.4. The first-order chi connectivity index (χ1) is 31.0. The summed E-state index contributed by atoms with van der Waals surface area (Å²) in [6.07, 6.45) is 9.85. The lowest BCUT2D eigenvalue weighted by Gasteiger charge is -2.44. The predicted octanol–water partition coefficient (Wildman–Crippen LogP) is 15.2. The Morgan fingerprint density at radius 1 is 0.531 bits per heavy atom. The zero-order chi connectivity index (χ0) is 44.3. The van der Waals surface area contributed by atoms with Crippen LogP contribution in [0.1, 0.15) is 120 Å². The highest BCUT2D eigenvalue weighted by Gasteiger charge is 2.43. The van der Waals surface area contributed by atoms with Crippen LogP contribution >= 0.6 is 0 Å². The van der Waals surface area contributed by atoms with E-state index in [0.29, 0.717) is 5.92 Å². The SMILES string of the molecule is CCCCCCc1ccc(N2c3cc(-n4c5ccc(C)cc5c5cc(C)ccc54)ccc3B3c4cc(C(C)CCCC)ccc4N(c4ccc(C(C)(C)C)cc4)c4cccc2c43)cc1. The molecule has 3 nitrogen and oxygen atoms in total. The van der Waals surface area contributed by atoms with E-state index in [0.717, 1.165) is 6.42 Å². The molecule has 64 heavy (non-hydrogen) atoms. The van der Waals surface area contributed by atoms with Crippen molar-refractivity contribution in [3.8, 4) is 5.69 Å². The molecule has 0 saturated carbocycles. The largest absolute Gasteiger partial charge is 0.311 e. The van der Waals surface area contributed by atoms with Crippen LogP contribution in [0.15, 0.2) is 140 Å². The number of aromatic nitrogens is 1. The monoisotopic (exact) mass is 838 g/mol. The van der Waals surface area contributed by atoms with Crippen molar-refractivity contribution in [2.45, 2.75) is 118 Å². The highest BCUT2D eigenvalue weighted by molar-refractivity contribution is 7.00. The van der Waals surface area contributed by atoms with Gasteiger partial charge in [0.25, 0.3) is 6.71 Å². The summed E-state index contributed by atoms with van der Waals surface area (Å²) in [4.78, 5) is 5.13. The van der Waals surface area contributed by atoms with E-state index < -0.39 is 0 Å². The molecule has 1 atom stereocenters. The first-order valence-corrected chi connectivity index (χ1v) is 24.3. The smallest absolute Gasteiger partial charge is 0.252 e. The van der Waals surface area contributed by atoms with E-state index in [1.807, 2.05) is 0 Å². The Kier molecular flexibility index (Phi) is 11.1. The van der Waals surface area contributed by atoms with Gasteiger partial charge in [0.05, 0.1) is 11.0 Å². The summed E-state index contributed by atoms with van der Waals surface area (Å²) in [6, 6.07) is 54.6. The minimum Gasteiger partial charge on any atom is -0.311 e. The summed E-state index contributed by atoms with van der Waals surface area (Å²) in [5, 5.41) is 2.61. The number of hydrogen-bond donors (Lipinski definition) is 0. The number of unbranched alkanes of at least 4 members (excludes halogenated alkanes) is 4. The van der Waals surface area contributed by atoms with Crippen LogP contribution in [-0.2, 0) is 11.8 Å². The number of fused-ring (bicyclic) bond motifs is 7. The van der Waals surface area contributed by atoms with Gasteiger partial charge in [-0.1, -0.05) is 145 Å². The first-order valence-electron chi connectivity index (χ1n) is 24.3. The van der Waals surface area contributed by atoms with Crippen molar-refractivity contribution < 1.29 is 0 Å². The lowest BCUT2D eigenvalue weighted by Crippen LogP contribution is -2.61. The first kappa shape index (κ1) is 42.0. The second kappa shape index (κ2) is 16.9. The van der Waals surface area contributed by atoms with Crippen LogP contribution in [0.2, 0.25) is 0 Å². The van der Waals surface area contributed by atoms with E-state index in [2.05, 4.69) is 209 Å². The zero-order valence-corrected chi connectivity index (χ0v) is 39.4. The van der Waals surface area contributed by atoms with E-state index >= 15 is 0 Å². The standard InChI is InChI=1S/C60H64BN3/c1-9-11-13-14-17-43-22-27-46(28-23-43)63-57-19-15-18-56-59(57)61(51-32-31-48(39-58(51)63)64-53-33-20-40(3)36-49(53)50-37-41(4)21-34-54(50)64)52-38-44(42(5)16-12-10-2)24-35-55(52)62(56)47-29-25-45(26-30-47)60(6,7)8/h15,18-39,42H,9-14,16-17H2,1-8H3. The fraction of sp³-hybridized carbons (Fsp3) is 0.300. The number of aryl methyl sites for hydroxylation is 3. The van der Waals surface area contributed by atoms with Gasteiger partial charge in [-0.2, -0.15) is 0 Å². The van der Waals surface area contributed by atoms with Crippen LogP contribution in [0.5, 0.6) is 0 Å². The molecule has 0 aliphatic carbocycles. The molecule has 2 aliphatic rings. The molecule has 1 unspecified atom stereocenters. The minimum absolute atomic E-state index is 0.0613. The lowest BCUT2D eigenvalue weighted by molar-refractivity contribution is 0.590. The van der Waals surface area contributed by atoms with Crippen LogP contribution in [0.3, 0.4) is 0 Å². The van der Waals surface area contributed by atoms with Crippen molar-refractivity contribution in [3.63, 3.8) is 0 Å². The normalized spacial score (nSPS) is 13.7. The molecular weight excluding hydrogens is 773 g/mol. The van der Waals surface area contributed by atoms with Gasteiger partial charge in [0, 0.05) is 50.6 Å². The Hall–Kier alpha value is -6.00. The summed E-state index contributed by atoms with van der Waals surface area (Å²) >= 11 is 0. The molecule has 4 heteroatoms. The summed E-state index contributed by atoms with van der Waals surface area (Å²) in [6.45, 7) is 18.4. The Labute approximate surface area is 382 Å². The highest BCUT2D eigenvalue weighted by Crippen LogP contribution is 2.46. The maximum Gasteiger partial charge on any atom is 0.252 e. The Balaban J connectivity index is 1.21. The van der Waals surface area contributed by atoms with Gasteiger partial charge < -0.3 is 14.4 Å². The molecular formula is C60H64BN3. The lowest BCUT2D eigenvalue weighted by atomic mass is 9.33. The fourth-order valence-corrected chi connectivity index (χ4v) is 10.8. The molecule has 8 aromatic rings. The number of rotatable bonds is 12. The van der Waals surface area contributed by atoms with E-state index in [4.69, 9.17) is 0 Å². The molecule has 2 aliphatic heterocycles. The van der Waals surface area contributed by atoms with Gasteiger partial charge >= 0.3 is 0 Å². The maximum atomic E-state index is 2.58. The molecule has 0 saturated heterocycles. The van der Waals surface area contributed by atoms with Crippen LogP contribution in [0.4, 0.5) is 34.1 Å². The van der Waals surface area contributed by atoms with Crippen molar-refractivity contribution in [2.24, 2.45) is 0 Å². The second-order valence-corrected chi connectivity index (χ2v) is 20.1. The van der Waals surface area contributed by atoms with Gasteiger partial charge in [-0.15, -0.1) is 0 Å². The summed E-state index contributed by atoms with van der Waals surface area (Å²) in [5.74, 6) is 0.478. The number of nitrogens with zero attached hydrogens (tertiary/aromatic N) is 3. The van der Waals surface area contributed by atoms with Crippen LogP contribution < -0.4 is 26.2 Å². The molecule has 322 valence electrons. The van der Waals surface area contributed by atoms with Gasteiger partial charge in [-0.05, 0) is 156 Å². The van der Waals surface area contributed by atoms with E-state index in [1.165, 1.54) is 151 Å². The second-order valence-electron chi connectivity index (χ2n) is 20.1. The minimum atomic E-state index is 0.0613. The molecule has 10 rings (SSSR count). The van der Waals surface area contributed by atoms with E-state index in [-0.39, 0.29) is 12.1 Å². The molecule has 7 aromatic carbocycles. The van der Waals surface area contributed by atoms with E-state index in [1.54, 1.807) is 0 Å². The Bertz CT molecular complexity index is 2940. The maximum absolute atomic E-state index is 2.58. The van der Waals surface area contributed by atoms with Crippen LogP contribution in [-0.4, -0.2) is 11.3 Å². The average Bonchev–Trinajstić information content (AvgIpc) is 3.61. The number of benzene rings is 7. The summed E-state index contributed by atoms with van der Waals surface area (Å²) < 4.78 is 2.50. The van der Waals surface area contributed by atoms with Crippen molar-refractivity contribution in [2.75, 3.05) is 9.80 Å². The Morgan fingerprint density at radius 2 is 1.14 bits per heavy atom. The van der Waals surface area contributed by atoms with Gasteiger partial charge in [-0.25, -0.2) is 0 Å². The molecule has 0 radical (unpaired) electrons. The zero-order valence-electron chi connectivity index (χ0n) is 39.4. The topological polar surface area (TPSA) is 11.4 Å². The summed E-state index contributed by atoms with van der Waals surface area (Å²) in [5.41, 5.74) is 22.0. The van der Waals surface area contributed by atoms with E-state index in [9.17, 15) is 0 Å². The molecule has 0 bridgehead atoms. The van der Waals surface area contributed by atoms with Crippen molar-refractivity contribution in [1.29, 1.82) is 0 Å². The van der Waals surface area contributed by atoms with Crippen molar-refractivity contribution in [1.82, 2.24) is 4.57 Å². The van der Waals surface area contributed by atoms with Crippen molar-refractivity contribution >= 4 is 79.0 Å². The van der Waals surface area contributed by atoms with Crippen LogP contribution in [0, 0.1) is 13.8 Å². The van der Waals surface area contributed by atoms with Gasteiger partial charge in [0.15, 0.2) is 0 Å². The molecule has 0 fully saturated rings. The molecule has 0 amide bonds. The molecule has 1 aromatic heterocycles. The van der Waals surface area contributed by atoms with Crippen LogP contribution in [0.25, 0.3) is 27.5 Å². The summed E-state index contributed by atoms with van der Waals surface area (Å²) in [7, 11) is 0. The highest BCUT2D eigenvalue weighted by atomic mass is 15.2. The Morgan fingerprint density at radius 3 is 1.77 bits per heavy atom. The third kappa shape index (κ3) is 7.33. The third-order valence-electron chi connectivity index (χ3n) is 14.4. The molecule has 0 N–H and O–H groups in total. The number of hydrogen-bond acceptors (Lipinski definition) is 2. The predicted molar refractivity (Wildman–Crippen MR) is 279 cm³/mol. The molecule has 3 heterocycles. The fourth-order valence-electron chi connectivity index (χ4n) is 10.8. The van der Waals surface area contributed by atoms with Crippen molar-refractivity contribution in [3.05, 3.63) is 167 Å². The average molecular weight is 838 g/mol. The van der Waals surface area contributed by atoms with Gasteiger partial charge in [0.2, 0.25) is 0 Å². The quantitative estimate of drug-likeness (QED) is 0.0897. The van der Waals surface area contributed by atoms with Gasteiger partial charge in [0.1, 0.15) is 0 Å². The van der Waals surface area contributed by atoms with Gasteiger partial charge in [-0.3, -0.25) is 0 Å².